The topological polar surface area (TPSA) is 61.3 Å². The van der Waals surface area contributed by atoms with Crippen LogP contribution >= 0.6 is 0 Å². The van der Waals surface area contributed by atoms with E-state index in [0.717, 1.165) is 16.8 Å². The number of rotatable bonds is 5. The maximum Gasteiger partial charge on any atom is 0.230 e. The zero-order valence-corrected chi connectivity index (χ0v) is 9.85. The van der Waals surface area contributed by atoms with Gasteiger partial charge in [0.1, 0.15) is 0 Å². The minimum Gasteiger partial charge on any atom is -0.381 e. The Bertz CT molecular complexity index is 466. The second-order valence-corrected chi connectivity index (χ2v) is 3.68. The summed E-state index contributed by atoms with van der Waals surface area (Å²) in [5, 5.41) is 3.98. The molecule has 2 rings (SSSR count). The maximum absolute atomic E-state index is 5.81. The largest absolute Gasteiger partial charge is 0.381 e. The normalized spacial score (nSPS) is 10.6. The maximum atomic E-state index is 5.81. The van der Waals surface area contributed by atoms with Crippen molar-refractivity contribution in [1.29, 1.82) is 0 Å². The van der Waals surface area contributed by atoms with Crippen LogP contribution in [0.1, 0.15) is 12.6 Å². The monoisotopic (exact) mass is 232 g/mol. The van der Waals surface area contributed by atoms with E-state index in [1.54, 1.807) is 0 Å². The van der Waals surface area contributed by atoms with Crippen molar-refractivity contribution in [2.75, 3.05) is 18.9 Å². The molecular weight excluding hydrogens is 216 g/mol. The van der Waals surface area contributed by atoms with Gasteiger partial charge in [0.2, 0.25) is 5.88 Å². The van der Waals surface area contributed by atoms with Gasteiger partial charge in [-0.3, -0.25) is 0 Å². The van der Waals surface area contributed by atoms with Crippen molar-refractivity contribution in [3.63, 3.8) is 0 Å². The second kappa shape index (κ2) is 5.50. The third kappa shape index (κ3) is 2.65. The Labute approximate surface area is 100 Å². The molecule has 0 radical (unpaired) electrons. The molecule has 0 saturated carbocycles. The van der Waals surface area contributed by atoms with E-state index in [9.17, 15) is 0 Å². The van der Waals surface area contributed by atoms with Crippen LogP contribution in [0.15, 0.2) is 34.9 Å². The molecule has 0 amide bonds. The van der Waals surface area contributed by atoms with Crippen molar-refractivity contribution in [3.8, 4) is 11.1 Å². The summed E-state index contributed by atoms with van der Waals surface area (Å²) < 4.78 is 10.4. The molecule has 0 saturated heterocycles. The van der Waals surface area contributed by atoms with E-state index in [1.165, 1.54) is 0 Å². The van der Waals surface area contributed by atoms with E-state index in [-0.39, 0.29) is 0 Å². The Balaban J connectivity index is 2.24. The van der Waals surface area contributed by atoms with Crippen LogP contribution in [0.2, 0.25) is 0 Å². The van der Waals surface area contributed by atoms with Crippen molar-refractivity contribution in [1.82, 2.24) is 5.16 Å². The number of hydrogen-bond acceptors (Lipinski definition) is 4. The van der Waals surface area contributed by atoms with Crippen LogP contribution in [0.5, 0.6) is 0 Å². The smallest absolute Gasteiger partial charge is 0.230 e. The number of anilines is 1. The summed E-state index contributed by atoms with van der Waals surface area (Å²) in [5.41, 5.74) is 8.56. The highest BCUT2D eigenvalue weighted by molar-refractivity contribution is 5.74. The van der Waals surface area contributed by atoms with Crippen LogP contribution in [-0.2, 0) is 11.2 Å². The van der Waals surface area contributed by atoms with Crippen molar-refractivity contribution >= 4 is 5.88 Å². The van der Waals surface area contributed by atoms with E-state index >= 15 is 0 Å². The number of benzene rings is 1. The molecule has 4 nitrogen and oxygen atoms in total. The van der Waals surface area contributed by atoms with Gasteiger partial charge in [-0.1, -0.05) is 35.5 Å². The number of ether oxygens (including phenoxy) is 1. The summed E-state index contributed by atoms with van der Waals surface area (Å²) in [6.07, 6.45) is 0.707. The summed E-state index contributed by atoms with van der Waals surface area (Å²) in [5.74, 6) is 0.364. The predicted octanol–water partition coefficient (Wildman–Crippen LogP) is 2.50. The summed E-state index contributed by atoms with van der Waals surface area (Å²) >= 11 is 0. The predicted molar refractivity (Wildman–Crippen MR) is 66.5 cm³/mol. The van der Waals surface area contributed by atoms with Gasteiger partial charge in [-0.2, -0.15) is 0 Å². The summed E-state index contributed by atoms with van der Waals surface area (Å²) in [4.78, 5) is 0. The van der Waals surface area contributed by atoms with Crippen LogP contribution in [0.25, 0.3) is 11.1 Å². The SMILES string of the molecule is CCOCCc1noc(N)c1-c1ccccc1. The molecule has 1 aromatic carbocycles. The molecule has 1 aromatic heterocycles. The van der Waals surface area contributed by atoms with Gasteiger partial charge in [-0.25, -0.2) is 0 Å². The Morgan fingerprint density at radius 2 is 2.06 bits per heavy atom. The average Bonchev–Trinajstić information content (AvgIpc) is 2.72. The molecule has 0 unspecified atom stereocenters. The number of nitrogens with two attached hydrogens (primary N) is 1. The third-order valence-electron chi connectivity index (χ3n) is 2.54. The van der Waals surface area contributed by atoms with Gasteiger partial charge < -0.3 is 15.0 Å². The number of hydrogen-bond donors (Lipinski definition) is 1. The molecule has 0 bridgehead atoms. The molecule has 0 aliphatic rings. The quantitative estimate of drug-likeness (QED) is 0.804. The Kier molecular flexibility index (Phi) is 3.77. The van der Waals surface area contributed by atoms with Crippen LogP contribution in [0.3, 0.4) is 0 Å². The molecule has 2 aromatic rings. The lowest BCUT2D eigenvalue weighted by Crippen LogP contribution is -1.99. The van der Waals surface area contributed by atoms with Gasteiger partial charge in [0, 0.05) is 13.0 Å². The molecule has 90 valence electrons. The van der Waals surface area contributed by atoms with Crippen LogP contribution in [0, 0.1) is 0 Å². The first-order chi connectivity index (χ1) is 8.33. The molecule has 0 aliphatic carbocycles. The lowest BCUT2D eigenvalue weighted by Gasteiger charge is -2.02. The molecule has 0 atom stereocenters. The van der Waals surface area contributed by atoms with Gasteiger partial charge in [0.15, 0.2) is 0 Å². The Morgan fingerprint density at radius 3 is 2.76 bits per heavy atom. The molecule has 1 heterocycles. The highest BCUT2D eigenvalue weighted by Gasteiger charge is 2.14. The number of nitrogen functional groups attached to an aromatic ring is 1. The van der Waals surface area contributed by atoms with E-state index in [4.69, 9.17) is 15.0 Å². The first-order valence-corrected chi connectivity index (χ1v) is 5.70. The minimum absolute atomic E-state index is 0.364. The summed E-state index contributed by atoms with van der Waals surface area (Å²) in [7, 11) is 0. The fraction of sp³-hybridized carbons (Fsp3) is 0.308. The summed E-state index contributed by atoms with van der Waals surface area (Å²) in [6, 6.07) is 9.88. The zero-order chi connectivity index (χ0) is 12.1. The Morgan fingerprint density at radius 1 is 1.29 bits per heavy atom. The first-order valence-electron chi connectivity index (χ1n) is 5.70. The van der Waals surface area contributed by atoms with Crippen molar-refractivity contribution in [2.45, 2.75) is 13.3 Å². The lowest BCUT2D eigenvalue weighted by molar-refractivity contribution is 0.149. The fourth-order valence-corrected chi connectivity index (χ4v) is 1.74. The highest BCUT2D eigenvalue weighted by atomic mass is 16.5. The molecule has 17 heavy (non-hydrogen) atoms. The van der Waals surface area contributed by atoms with Crippen molar-refractivity contribution in [3.05, 3.63) is 36.0 Å². The Hall–Kier alpha value is -1.81. The van der Waals surface area contributed by atoms with Gasteiger partial charge in [-0.15, -0.1) is 0 Å². The third-order valence-corrected chi connectivity index (χ3v) is 2.54. The average molecular weight is 232 g/mol. The van der Waals surface area contributed by atoms with Gasteiger partial charge in [0.25, 0.3) is 0 Å². The zero-order valence-electron chi connectivity index (χ0n) is 9.85. The highest BCUT2D eigenvalue weighted by Crippen LogP contribution is 2.29. The van der Waals surface area contributed by atoms with E-state index in [2.05, 4.69) is 5.16 Å². The summed E-state index contributed by atoms with van der Waals surface area (Å²) in [6.45, 7) is 3.30. The molecular formula is C13H16N2O2. The van der Waals surface area contributed by atoms with Crippen LogP contribution in [0.4, 0.5) is 5.88 Å². The number of nitrogens with zero attached hydrogens (tertiary/aromatic N) is 1. The minimum atomic E-state index is 0.364. The molecule has 0 spiro atoms. The molecule has 0 fully saturated rings. The van der Waals surface area contributed by atoms with E-state index in [0.29, 0.717) is 25.5 Å². The van der Waals surface area contributed by atoms with Crippen LogP contribution in [-0.4, -0.2) is 18.4 Å². The number of aromatic nitrogens is 1. The molecule has 2 N–H and O–H groups in total. The van der Waals surface area contributed by atoms with Gasteiger partial charge in [0.05, 0.1) is 17.9 Å². The fourth-order valence-electron chi connectivity index (χ4n) is 1.74. The van der Waals surface area contributed by atoms with Gasteiger partial charge >= 0.3 is 0 Å². The van der Waals surface area contributed by atoms with Crippen LogP contribution < -0.4 is 5.73 Å². The van der Waals surface area contributed by atoms with Crippen molar-refractivity contribution < 1.29 is 9.26 Å². The molecule has 4 heteroatoms. The van der Waals surface area contributed by atoms with E-state index in [1.807, 2.05) is 37.3 Å². The standard InChI is InChI=1S/C13H16N2O2/c1-2-16-9-8-11-12(13(14)17-15-11)10-6-4-3-5-7-10/h3-7H,2,8-9,14H2,1H3. The second-order valence-electron chi connectivity index (χ2n) is 3.68. The molecule has 0 aliphatic heterocycles. The van der Waals surface area contributed by atoms with E-state index < -0.39 is 0 Å². The first kappa shape index (κ1) is 11.7. The lowest BCUT2D eigenvalue weighted by atomic mass is 10.0. The van der Waals surface area contributed by atoms with Crippen molar-refractivity contribution in [2.24, 2.45) is 0 Å². The van der Waals surface area contributed by atoms with Gasteiger partial charge in [-0.05, 0) is 12.5 Å².